The molecule has 0 saturated heterocycles. The van der Waals surface area contributed by atoms with Gasteiger partial charge in [-0.1, -0.05) is 11.6 Å². The van der Waals surface area contributed by atoms with Crippen LogP contribution in [0.4, 0.5) is 20.4 Å². The highest BCUT2D eigenvalue weighted by atomic mass is 35.5. The van der Waals surface area contributed by atoms with Crippen molar-refractivity contribution in [2.75, 3.05) is 5.32 Å². The summed E-state index contributed by atoms with van der Waals surface area (Å²) in [5.74, 6) is -1.47. The SMILES string of the molecule is Cn1c(Nc2c[nH]c3ccc(Cl)nc23)nc2ccc(F)c(F)c21. The average Bonchev–Trinajstić information content (AvgIpc) is 3.06. The minimum Gasteiger partial charge on any atom is -0.358 e. The van der Waals surface area contributed by atoms with Crippen molar-refractivity contribution in [1.29, 1.82) is 0 Å². The first-order valence-corrected chi connectivity index (χ1v) is 7.13. The van der Waals surface area contributed by atoms with Crippen molar-refractivity contribution >= 4 is 45.3 Å². The van der Waals surface area contributed by atoms with Crippen molar-refractivity contribution in [3.63, 3.8) is 0 Å². The summed E-state index contributed by atoms with van der Waals surface area (Å²) in [5.41, 5.74) is 2.53. The van der Waals surface area contributed by atoms with Crippen molar-refractivity contribution in [1.82, 2.24) is 19.5 Å². The lowest BCUT2D eigenvalue weighted by molar-refractivity contribution is 0.513. The van der Waals surface area contributed by atoms with E-state index in [4.69, 9.17) is 11.6 Å². The molecule has 2 N–H and O–H groups in total. The van der Waals surface area contributed by atoms with E-state index in [1.807, 2.05) is 0 Å². The lowest BCUT2D eigenvalue weighted by atomic mass is 10.3. The molecule has 3 aromatic heterocycles. The van der Waals surface area contributed by atoms with Crippen molar-refractivity contribution in [3.05, 3.63) is 47.2 Å². The zero-order valence-electron chi connectivity index (χ0n) is 11.9. The van der Waals surface area contributed by atoms with Crippen molar-refractivity contribution < 1.29 is 8.78 Å². The molecule has 0 fully saturated rings. The van der Waals surface area contributed by atoms with Crippen LogP contribution in [-0.4, -0.2) is 19.5 Å². The third-order valence-corrected chi connectivity index (χ3v) is 3.87. The molecule has 23 heavy (non-hydrogen) atoms. The predicted molar refractivity (Wildman–Crippen MR) is 85.0 cm³/mol. The topological polar surface area (TPSA) is 58.5 Å². The number of H-pyrrole nitrogens is 1. The smallest absolute Gasteiger partial charge is 0.208 e. The lowest BCUT2D eigenvalue weighted by Gasteiger charge is -2.05. The van der Waals surface area contributed by atoms with Gasteiger partial charge in [0.1, 0.15) is 16.2 Å². The molecule has 1 aromatic carbocycles. The van der Waals surface area contributed by atoms with Crippen LogP contribution in [0, 0.1) is 11.6 Å². The number of aryl methyl sites for hydroxylation is 1. The van der Waals surface area contributed by atoms with Gasteiger partial charge in [-0.15, -0.1) is 0 Å². The molecule has 0 spiro atoms. The number of aromatic nitrogens is 4. The van der Waals surface area contributed by atoms with E-state index in [-0.39, 0.29) is 5.52 Å². The normalized spacial score (nSPS) is 11.5. The summed E-state index contributed by atoms with van der Waals surface area (Å²) in [5, 5.41) is 3.43. The van der Waals surface area contributed by atoms with Gasteiger partial charge in [0.15, 0.2) is 11.6 Å². The van der Waals surface area contributed by atoms with Crippen molar-refractivity contribution in [2.24, 2.45) is 7.05 Å². The molecule has 116 valence electrons. The van der Waals surface area contributed by atoms with Gasteiger partial charge in [0.2, 0.25) is 5.95 Å². The molecular formula is C15H10ClF2N5. The average molecular weight is 334 g/mol. The standard InChI is InChI=1S/C15H10ClF2N5/c1-23-14-9(3-2-7(17)12(14)18)20-15(23)21-10-6-19-8-4-5-11(16)22-13(8)10/h2-6,19H,1H3,(H,20,21). The van der Waals surface area contributed by atoms with E-state index in [2.05, 4.69) is 20.3 Å². The fourth-order valence-electron chi connectivity index (χ4n) is 2.54. The molecule has 0 amide bonds. The number of anilines is 2. The van der Waals surface area contributed by atoms with E-state index in [1.54, 1.807) is 25.4 Å². The number of hydrogen-bond acceptors (Lipinski definition) is 3. The maximum Gasteiger partial charge on any atom is 0.208 e. The zero-order valence-corrected chi connectivity index (χ0v) is 12.6. The molecule has 4 rings (SSSR count). The Morgan fingerprint density at radius 1 is 1.17 bits per heavy atom. The van der Waals surface area contributed by atoms with E-state index in [1.165, 1.54) is 10.6 Å². The van der Waals surface area contributed by atoms with Gasteiger partial charge in [-0.3, -0.25) is 0 Å². The minimum absolute atomic E-state index is 0.0957. The summed E-state index contributed by atoms with van der Waals surface area (Å²) in [6.45, 7) is 0. The summed E-state index contributed by atoms with van der Waals surface area (Å²) >= 11 is 5.92. The van der Waals surface area contributed by atoms with E-state index < -0.39 is 11.6 Å². The molecule has 0 unspecified atom stereocenters. The second-order valence-corrected chi connectivity index (χ2v) is 5.47. The highest BCUT2D eigenvalue weighted by molar-refractivity contribution is 6.29. The number of fused-ring (bicyclic) bond motifs is 2. The molecule has 0 aliphatic heterocycles. The van der Waals surface area contributed by atoms with E-state index in [9.17, 15) is 8.78 Å². The molecule has 0 atom stereocenters. The Hall–Kier alpha value is -2.67. The summed E-state index contributed by atoms with van der Waals surface area (Å²) in [7, 11) is 1.61. The zero-order chi connectivity index (χ0) is 16.1. The van der Waals surface area contributed by atoms with Crippen LogP contribution in [0.15, 0.2) is 30.5 Å². The number of imidazole rings is 1. The lowest BCUT2D eigenvalue weighted by Crippen LogP contribution is -2.00. The first-order chi connectivity index (χ1) is 11.0. The molecule has 3 heterocycles. The third kappa shape index (κ3) is 2.12. The molecule has 8 heteroatoms. The van der Waals surface area contributed by atoms with Crippen LogP contribution in [0.1, 0.15) is 0 Å². The third-order valence-electron chi connectivity index (χ3n) is 3.66. The Kier molecular flexibility index (Phi) is 2.99. The van der Waals surface area contributed by atoms with Gasteiger partial charge in [-0.05, 0) is 24.3 Å². The highest BCUT2D eigenvalue weighted by Gasteiger charge is 2.16. The van der Waals surface area contributed by atoms with Gasteiger partial charge in [0, 0.05) is 13.2 Å². The Labute approximate surface area is 133 Å². The van der Waals surface area contributed by atoms with Crippen LogP contribution >= 0.6 is 11.6 Å². The Morgan fingerprint density at radius 2 is 2.00 bits per heavy atom. The van der Waals surface area contributed by atoms with E-state index in [0.29, 0.717) is 27.8 Å². The Bertz CT molecular complexity index is 1050. The minimum atomic E-state index is -0.925. The number of rotatable bonds is 2. The van der Waals surface area contributed by atoms with Crippen LogP contribution in [0.25, 0.3) is 22.1 Å². The van der Waals surface area contributed by atoms with Crippen LogP contribution < -0.4 is 5.32 Å². The number of halogens is 3. The number of nitrogens with zero attached hydrogens (tertiary/aromatic N) is 3. The summed E-state index contributed by atoms with van der Waals surface area (Å²) in [6, 6.07) is 5.97. The van der Waals surface area contributed by atoms with Crippen molar-refractivity contribution in [3.8, 4) is 0 Å². The van der Waals surface area contributed by atoms with Crippen LogP contribution in [0.3, 0.4) is 0 Å². The fraction of sp³-hybridized carbons (Fsp3) is 0.0667. The maximum atomic E-state index is 14.0. The van der Waals surface area contributed by atoms with Gasteiger partial charge < -0.3 is 14.9 Å². The van der Waals surface area contributed by atoms with Crippen LogP contribution in [-0.2, 0) is 7.05 Å². The number of pyridine rings is 1. The first kappa shape index (κ1) is 14.0. The number of benzene rings is 1. The second-order valence-electron chi connectivity index (χ2n) is 5.08. The summed E-state index contributed by atoms with van der Waals surface area (Å²) < 4.78 is 28.8. The molecule has 4 aromatic rings. The molecule has 0 aliphatic carbocycles. The quantitative estimate of drug-likeness (QED) is 0.542. The largest absolute Gasteiger partial charge is 0.358 e. The number of aromatic amines is 1. The van der Waals surface area contributed by atoms with Gasteiger partial charge in [-0.2, -0.15) is 0 Å². The summed E-state index contributed by atoms with van der Waals surface area (Å²) in [6.07, 6.45) is 1.71. The highest BCUT2D eigenvalue weighted by Crippen LogP contribution is 2.28. The molecule has 5 nitrogen and oxygen atoms in total. The van der Waals surface area contributed by atoms with Crippen LogP contribution in [0.5, 0.6) is 0 Å². The Morgan fingerprint density at radius 3 is 2.83 bits per heavy atom. The fourth-order valence-corrected chi connectivity index (χ4v) is 2.68. The van der Waals surface area contributed by atoms with Crippen molar-refractivity contribution in [2.45, 2.75) is 0 Å². The maximum absolute atomic E-state index is 14.0. The van der Waals surface area contributed by atoms with Gasteiger partial charge >= 0.3 is 0 Å². The van der Waals surface area contributed by atoms with Crippen LogP contribution in [0.2, 0.25) is 5.15 Å². The molecule has 0 radical (unpaired) electrons. The molecule has 0 saturated carbocycles. The van der Waals surface area contributed by atoms with Gasteiger partial charge in [-0.25, -0.2) is 18.7 Å². The first-order valence-electron chi connectivity index (χ1n) is 6.75. The monoisotopic (exact) mass is 333 g/mol. The number of nitrogens with one attached hydrogen (secondary N) is 2. The molecule has 0 bridgehead atoms. The Balaban J connectivity index is 1.85. The van der Waals surface area contributed by atoms with Gasteiger partial charge in [0.25, 0.3) is 0 Å². The molecular weight excluding hydrogens is 324 g/mol. The summed E-state index contributed by atoms with van der Waals surface area (Å²) in [4.78, 5) is 11.6. The molecule has 0 aliphatic rings. The van der Waals surface area contributed by atoms with E-state index in [0.717, 1.165) is 11.6 Å². The second kappa shape index (κ2) is 4.92. The predicted octanol–water partition coefficient (Wildman–Crippen LogP) is 4.12. The van der Waals surface area contributed by atoms with E-state index >= 15 is 0 Å². The number of hydrogen-bond donors (Lipinski definition) is 2. The van der Waals surface area contributed by atoms with Gasteiger partial charge in [0.05, 0.1) is 16.7 Å².